The van der Waals surface area contributed by atoms with Crippen molar-refractivity contribution in [3.63, 3.8) is 0 Å². The summed E-state index contributed by atoms with van der Waals surface area (Å²) in [5.41, 5.74) is 12.5. The van der Waals surface area contributed by atoms with E-state index in [1.165, 1.54) is 0 Å². The summed E-state index contributed by atoms with van der Waals surface area (Å²) in [6.07, 6.45) is 35.7. The molecule has 12 aromatic heterocycles. The van der Waals surface area contributed by atoms with E-state index in [0.717, 1.165) is 111 Å². The number of rotatable bonds is 24. The highest BCUT2D eigenvalue weighted by Gasteiger charge is 2.20. The van der Waals surface area contributed by atoms with Gasteiger partial charge in [-0.15, -0.1) is 0 Å². The Labute approximate surface area is 507 Å². The zero-order valence-electron chi connectivity index (χ0n) is 50.5. The van der Waals surface area contributed by atoms with Gasteiger partial charge in [-0.05, 0) is 64.2 Å². The van der Waals surface area contributed by atoms with Crippen molar-refractivity contribution in [1.29, 1.82) is 0 Å². The molecule has 12 heterocycles. The van der Waals surface area contributed by atoms with Crippen molar-refractivity contribution in [3.05, 3.63) is 130 Å². The highest BCUT2D eigenvalue weighted by atomic mass is 16.3. The first-order chi connectivity index (χ1) is 42.6. The largest absolute Gasteiger partial charge is 0.394 e. The Morgan fingerprint density at radius 3 is 0.977 bits per heavy atom. The Morgan fingerprint density at radius 2 is 0.682 bits per heavy atom. The molecule has 0 unspecified atom stereocenters. The molecule has 0 radical (unpaired) electrons. The topological polar surface area (TPSA) is 319 Å². The van der Waals surface area contributed by atoms with Gasteiger partial charge in [0, 0.05) is 88.7 Å². The van der Waals surface area contributed by atoms with Gasteiger partial charge in [0.05, 0.1) is 183 Å². The molecular weight excluding hydrogens is 1120 g/mol. The molecule has 12 rings (SSSR count). The van der Waals surface area contributed by atoms with Gasteiger partial charge in [0.15, 0.2) is 0 Å². The van der Waals surface area contributed by atoms with Gasteiger partial charge in [0.1, 0.15) is 0 Å². The molecule has 0 saturated heterocycles. The van der Waals surface area contributed by atoms with Crippen LogP contribution in [0.25, 0.3) is 84.1 Å². The summed E-state index contributed by atoms with van der Waals surface area (Å²) in [6, 6.07) is 6.75. The summed E-state index contributed by atoms with van der Waals surface area (Å²) < 4.78 is 16.1. The van der Waals surface area contributed by atoms with Crippen LogP contribution in [-0.2, 0) is 19.6 Å². The molecule has 6 atom stereocenters. The first kappa shape index (κ1) is 61.9. The molecule has 27 heteroatoms. The third-order valence-electron chi connectivity index (χ3n) is 15.0. The van der Waals surface area contributed by atoms with E-state index in [-0.39, 0.29) is 39.5 Å². The smallest absolute Gasteiger partial charge is 0.0999 e. The fourth-order valence-corrected chi connectivity index (χ4v) is 10.4. The molecule has 0 bridgehead atoms. The van der Waals surface area contributed by atoms with Crippen LogP contribution in [-0.4, -0.2) is 171 Å². The Hall–Kier alpha value is -9.12. The zero-order chi connectivity index (χ0) is 62.0. The Balaban J connectivity index is 0.000000146. The fraction of sp³-hybridized carbons (Fsp3) is 0.410. The van der Waals surface area contributed by atoms with E-state index in [1.807, 2.05) is 88.0 Å². The standard InChI is InChI=1S/C21H27N7O2.2C20H25N7O2/c1-14(2)6-15(3)27-10-17(8-24-27)21-20-4-5-22-28(20)12-19(25-21)16-7-23-26(9-16)11-18(30)13-29;2*1-3-4-14(2)26-10-16(8-23-26)20-19-5-6-21-27(19)12-18(24-20)15-7-22-25(9-15)11-17(29)13-28/h4-5,7-10,12,14-15,18,29-30H,6,11,13H2,1-3H3;2*5-10,12,14,17,28-29H,3-4,11,13H2,1-2H3/t15-,18+;14-,17+;14-,17-/m011/s1. The molecule has 0 aliphatic heterocycles. The van der Waals surface area contributed by atoms with Gasteiger partial charge >= 0.3 is 0 Å². The van der Waals surface area contributed by atoms with Gasteiger partial charge in [0.25, 0.3) is 0 Å². The first-order valence-corrected chi connectivity index (χ1v) is 29.7. The highest BCUT2D eigenvalue weighted by molar-refractivity contribution is 5.80. The van der Waals surface area contributed by atoms with Crippen LogP contribution in [0.3, 0.4) is 0 Å². The van der Waals surface area contributed by atoms with Crippen LogP contribution in [0.1, 0.15) is 98.7 Å². The van der Waals surface area contributed by atoms with E-state index in [2.05, 4.69) is 94.4 Å². The molecule has 6 N–H and O–H groups in total. The predicted octanol–water partition coefficient (Wildman–Crippen LogP) is 6.76. The Kier molecular flexibility index (Phi) is 19.8. The second-order valence-corrected chi connectivity index (χ2v) is 22.7. The Morgan fingerprint density at radius 1 is 0.375 bits per heavy atom. The number of nitrogens with zero attached hydrogens (tertiary/aromatic N) is 21. The van der Waals surface area contributed by atoms with E-state index in [1.54, 1.807) is 83.4 Å². The van der Waals surface area contributed by atoms with Crippen molar-refractivity contribution in [1.82, 2.24) is 102 Å². The minimum absolute atomic E-state index is 0.216. The summed E-state index contributed by atoms with van der Waals surface area (Å²) in [4.78, 5) is 14.6. The Bertz CT molecular complexity index is 3980. The maximum Gasteiger partial charge on any atom is 0.0999 e. The summed E-state index contributed by atoms with van der Waals surface area (Å²) in [6.45, 7) is 15.0. The lowest BCUT2D eigenvalue weighted by molar-refractivity contribution is 0.0782. The highest BCUT2D eigenvalue weighted by Crippen LogP contribution is 2.31. The third kappa shape index (κ3) is 14.5. The lowest BCUT2D eigenvalue weighted by Gasteiger charge is -2.14. The normalized spacial score (nSPS) is 13.8. The lowest BCUT2D eigenvalue weighted by atomic mass is 10.1. The molecule has 0 aliphatic rings. The number of aliphatic hydroxyl groups excluding tert-OH is 6. The maximum absolute atomic E-state index is 9.65. The van der Waals surface area contributed by atoms with Gasteiger partial charge in [-0.2, -0.15) is 45.9 Å². The predicted molar refractivity (Wildman–Crippen MR) is 329 cm³/mol. The van der Waals surface area contributed by atoms with Crippen molar-refractivity contribution in [2.45, 2.75) is 137 Å². The molecule has 27 nitrogen and oxygen atoms in total. The van der Waals surface area contributed by atoms with E-state index in [9.17, 15) is 15.3 Å². The number of aromatic nitrogens is 21. The van der Waals surface area contributed by atoms with Crippen LogP contribution in [0.4, 0.5) is 0 Å². The van der Waals surface area contributed by atoms with Gasteiger partial charge in [-0.25, -0.2) is 28.5 Å². The summed E-state index contributed by atoms with van der Waals surface area (Å²) >= 11 is 0. The molecule has 462 valence electrons. The van der Waals surface area contributed by atoms with E-state index in [0.29, 0.717) is 29.7 Å². The van der Waals surface area contributed by atoms with Gasteiger partial charge in [0.2, 0.25) is 0 Å². The van der Waals surface area contributed by atoms with Gasteiger partial charge in [-0.3, -0.25) is 28.1 Å². The van der Waals surface area contributed by atoms with Crippen molar-refractivity contribution >= 4 is 16.6 Å². The molecule has 0 aromatic carbocycles. The molecule has 0 spiro atoms. The van der Waals surface area contributed by atoms with Crippen molar-refractivity contribution in [3.8, 4) is 67.5 Å². The van der Waals surface area contributed by atoms with Crippen molar-refractivity contribution in [2.75, 3.05) is 19.8 Å². The van der Waals surface area contributed by atoms with Gasteiger partial charge in [-0.1, -0.05) is 40.5 Å². The molecule has 0 fully saturated rings. The number of aliphatic hydroxyl groups is 6. The average Bonchev–Trinajstić information content (AvgIpc) is 2.55. The first-order valence-electron chi connectivity index (χ1n) is 29.7. The van der Waals surface area contributed by atoms with E-state index < -0.39 is 18.3 Å². The minimum atomic E-state index is -0.853. The molecule has 0 aliphatic carbocycles. The van der Waals surface area contributed by atoms with Gasteiger partial charge < -0.3 is 30.6 Å². The quantitative estimate of drug-likeness (QED) is 0.0364. The second-order valence-electron chi connectivity index (χ2n) is 22.7. The molecule has 88 heavy (non-hydrogen) atoms. The zero-order valence-corrected chi connectivity index (χ0v) is 50.5. The van der Waals surface area contributed by atoms with Crippen LogP contribution in [0, 0.1) is 5.92 Å². The SMILES string of the molecule is CC(C)C[C@H](C)n1cc(-c2nc(-c3cnn(C[C@@H](O)CO)c3)cn3nccc23)cn1.CCC[C@@H](C)n1cc(-c2nc(-c3cnn(C[C@@H](O)CO)c3)cn3nccc23)cn1.CCC[C@@H](C)n1cc(-c2nc(-c3cnn(C[C@H](O)CO)c3)cn3nccc23)cn1. The third-order valence-corrected chi connectivity index (χ3v) is 15.0. The van der Waals surface area contributed by atoms with Crippen LogP contribution in [0.2, 0.25) is 0 Å². The lowest BCUT2D eigenvalue weighted by Crippen LogP contribution is -2.19. The number of fused-ring (bicyclic) bond motifs is 3. The number of hydrogen-bond donors (Lipinski definition) is 6. The van der Waals surface area contributed by atoms with E-state index >= 15 is 0 Å². The molecule has 0 amide bonds. The number of hydrogen-bond acceptors (Lipinski definition) is 18. The summed E-state index contributed by atoms with van der Waals surface area (Å²) in [7, 11) is 0. The monoisotopic (exact) mass is 1200 g/mol. The maximum atomic E-state index is 9.65. The second kappa shape index (κ2) is 28.1. The van der Waals surface area contributed by atoms with Crippen molar-refractivity contribution < 1.29 is 30.6 Å². The van der Waals surface area contributed by atoms with E-state index in [4.69, 9.17) is 30.3 Å². The van der Waals surface area contributed by atoms with Crippen molar-refractivity contribution in [2.24, 2.45) is 5.92 Å². The average molecular weight is 1200 g/mol. The fourth-order valence-electron chi connectivity index (χ4n) is 10.4. The molecular formula is C61H77N21O6. The van der Waals surface area contributed by atoms with Crippen LogP contribution >= 0.6 is 0 Å². The molecule has 12 aromatic rings. The minimum Gasteiger partial charge on any atom is -0.394 e. The molecule has 0 saturated carbocycles. The van der Waals surface area contributed by atoms with Crippen LogP contribution in [0.5, 0.6) is 0 Å². The van der Waals surface area contributed by atoms with Crippen LogP contribution in [0.15, 0.2) is 130 Å². The summed E-state index contributed by atoms with van der Waals surface area (Å²) in [5, 5.41) is 95.6. The van der Waals surface area contributed by atoms with Crippen LogP contribution < -0.4 is 0 Å². The summed E-state index contributed by atoms with van der Waals surface area (Å²) in [5.74, 6) is 0.594.